The smallest absolute Gasteiger partial charge is 0.136 e. The van der Waals surface area contributed by atoms with Gasteiger partial charge in [0.2, 0.25) is 0 Å². The fourth-order valence-electron chi connectivity index (χ4n) is 5.35. The number of Topliss-reactive ketones (excluding diaryl/α,β-unsaturated/α-hetero) is 1. The van der Waals surface area contributed by atoms with Crippen LogP contribution in [0.1, 0.15) is 52.9 Å². The summed E-state index contributed by atoms with van der Waals surface area (Å²) in [6.07, 6.45) is 6.15. The fraction of sp³-hybridized carbons (Fsp3) is 0.938. The topological polar surface area (TPSA) is 17.1 Å². The zero-order valence-electron chi connectivity index (χ0n) is 11.5. The van der Waals surface area contributed by atoms with Crippen molar-refractivity contribution in [2.24, 2.45) is 41.4 Å². The van der Waals surface area contributed by atoms with E-state index in [1.807, 2.05) is 0 Å². The van der Waals surface area contributed by atoms with Gasteiger partial charge in [0.25, 0.3) is 0 Å². The Hall–Kier alpha value is -0.330. The van der Waals surface area contributed by atoms with Crippen LogP contribution in [0.2, 0.25) is 0 Å². The second kappa shape index (κ2) is 4.10. The molecule has 0 spiro atoms. The van der Waals surface area contributed by atoms with Crippen molar-refractivity contribution in [1.29, 1.82) is 0 Å². The average molecular weight is 234 g/mol. The molecule has 0 amide bonds. The molecule has 0 N–H and O–H groups in total. The van der Waals surface area contributed by atoms with Gasteiger partial charge in [0.1, 0.15) is 5.78 Å². The van der Waals surface area contributed by atoms with E-state index in [0.717, 1.165) is 36.0 Å². The lowest BCUT2D eigenvalue weighted by Crippen LogP contribution is -2.47. The Morgan fingerprint density at radius 3 is 2.18 bits per heavy atom. The largest absolute Gasteiger partial charge is 0.299 e. The Kier molecular flexibility index (Phi) is 2.83. The Labute approximate surface area is 105 Å². The molecule has 0 aromatic heterocycles. The summed E-state index contributed by atoms with van der Waals surface area (Å²) < 4.78 is 0. The molecule has 0 heterocycles. The zero-order chi connectivity index (χ0) is 12.2. The van der Waals surface area contributed by atoms with Gasteiger partial charge in [-0.25, -0.2) is 0 Å². The Bertz CT molecular complexity index is 319. The van der Waals surface area contributed by atoms with Gasteiger partial charge < -0.3 is 0 Å². The predicted octanol–water partition coefficient (Wildman–Crippen LogP) is 3.92. The van der Waals surface area contributed by atoms with Crippen molar-refractivity contribution in [1.82, 2.24) is 0 Å². The van der Waals surface area contributed by atoms with Crippen molar-refractivity contribution >= 4 is 5.78 Å². The molecule has 3 fully saturated rings. The van der Waals surface area contributed by atoms with E-state index in [9.17, 15) is 4.79 Å². The van der Waals surface area contributed by atoms with Crippen molar-refractivity contribution in [2.45, 2.75) is 52.9 Å². The van der Waals surface area contributed by atoms with Gasteiger partial charge >= 0.3 is 0 Å². The molecule has 3 saturated carbocycles. The third-order valence-corrected chi connectivity index (χ3v) is 6.10. The first-order valence-electron chi connectivity index (χ1n) is 7.59. The highest BCUT2D eigenvalue weighted by molar-refractivity contribution is 5.82. The van der Waals surface area contributed by atoms with Crippen LogP contribution in [-0.4, -0.2) is 5.78 Å². The van der Waals surface area contributed by atoms with Crippen LogP contribution in [0.15, 0.2) is 0 Å². The summed E-state index contributed by atoms with van der Waals surface area (Å²) >= 11 is 0. The van der Waals surface area contributed by atoms with Crippen molar-refractivity contribution in [3.63, 3.8) is 0 Å². The van der Waals surface area contributed by atoms with Crippen LogP contribution in [0, 0.1) is 41.4 Å². The minimum atomic E-state index is 0.438. The molecule has 7 unspecified atom stereocenters. The zero-order valence-corrected chi connectivity index (χ0v) is 11.5. The van der Waals surface area contributed by atoms with E-state index in [4.69, 9.17) is 0 Å². The minimum absolute atomic E-state index is 0.438. The van der Waals surface area contributed by atoms with Gasteiger partial charge in [0, 0.05) is 12.3 Å². The van der Waals surface area contributed by atoms with Gasteiger partial charge in [0.15, 0.2) is 0 Å². The maximum Gasteiger partial charge on any atom is 0.136 e. The number of carbonyl (C=O) groups is 1. The van der Waals surface area contributed by atoms with E-state index in [0.29, 0.717) is 17.6 Å². The van der Waals surface area contributed by atoms with Crippen molar-refractivity contribution in [3.05, 3.63) is 0 Å². The lowest BCUT2D eigenvalue weighted by Gasteiger charge is -2.53. The molecule has 0 aliphatic heterocycles. The Balaban J connectivity index is 1.86. The summed E-state index contributed by atoms with van der Waals surface area (Å²) in [7, 11) is 0. The summed E-state index contributed by atoms with van der Waals surface area (Å²) in [6.45, 7) is 7.19. The van der Waals surface area contributed by atoms with E-state index in [-0.39, 0.29) is 0 Å². The van der Waals surface area contributed by atoms with E-state index in [1.54, 1.807) is 0 Å². The molecule has 0 aromatic rings. The third-order valence-electron chi connectivity index (χ3n) is 6.10. The van der Waals surface area contributed by atoms with Crippen LogP contribution in [0.4, 0.5) is 0 Å². The number of fused-ring (bicyclic) bond motifs is 4. The quantitative estimate of drug-likeness (QED) is 0.621. The van der Waals surface area contributed by atoms with Crippen molar-refractivity contribution in [2.75, 3.05) is 0 Å². The first kappa shape index (κ1) is 11.7. The molecule has 0 radical (unpaired) electrons. The van der Waals surface area contributed by atoms with Crippen molar-refractivity contribution in [3.8, 4) is 0 Å². The number of rotatable bonds is 0. The van der Waals surface area contributed by atoms with E-state index < -0.39 is 0 Å². The highest BCUT2D eigenvalue weighted by atomic mass is 16.1. The Morgan fingerprint density at radius 2 is 1.47 bits per heavy atom. The van der Waals surface area contributed by atoms with Gasteiger partial charge in [-0.1, -0.05) is 20.8 Å². The van der Waals surface area contributed by atoms with Gasteiger partial charge in [-0.05, 0) is 61.2 Å². The van der Waals surface area contributed by atoms with Crippen LogP contribution < -0.4 is 0 Å². The lowest BCUT2D eigenvalue weighted by molar-refractivity contribution is -0.135. The predicted molar refractivity (Wildman–Crippen MR) is 69.5 cm³/mol. The molecule has 1 heteroatoms. The number of hydrogen-bond donors (Lipinski definition) is 0. The minimum Gasteiger partial charge on any atom is -0.299 e. The monoisotopic (exact) mass is 234 g/mol. The van der Waals surface area contributed by atoms with Crippen LogP contribution in [-0.2, 0) is 4.79 Å². The second-order valence-corrected chi connectivity index (χ2v) is 7.36. The molecule has 2 bridgehead atoms. The lowest BCUT2D eigenvalue weighted by atomic mass is 9.52. The second-order valence-electron chi connectivity index (χ2n) is 7.36. The van der Waals surface area contributed by atoms with Crippen molar-refractivity contribution < 1.29 is 4.79 Å². The molecule has 17 heavy (non-hydrogen) atoms. The normalized spacial score (nSPS) is 54.3. The number of ketones is 1. The summed E-state index contributed by atoms with van der Waals surface area (Å²) in [6, 6.07) is 0. The van der Waals surface area contributed by atoms with Gasteiger partial charge in [-0.15, -0.1) is 0 Å². The van der Waals surface area contributed by atoms with E-state index >= 15 is 0 Å². The molecular weight excluding hydrogens is 208 g/mol. The first-order valence-corrected chi connectivity index (χ1v) is 7.59. The molecule has 3 rings (SSSR count). The maximum atomic E-state index is 12.1. The van der Waals surface area contributed by atoms with Crippen LogP contribution >= 0.6 is 0 Å². The maximum absolute atomic E-state index is 12.1. The van der Waals surface area contributed by atoms with Crippen LogP contribution in [0.5, 0.6) is 0 Å². The molecule has 96 valence electrons. The van der Waals surface area contributed by atoms with E-state index in [2.05, 4.69) is 20.8 Å². The molecule has 3 aliphatic rings. The fourth-order valence-corrected chi connectivity index (χ4v) is 5.35. The summed E-state index contributed by atoms with van der Waals surface area (Å²) in [5.41, 5.74) is 0. The van der Waals surface area contributed by atoms with Crippen LogP contribution in [0.3, 0.4) is 0 Å². The molecule has 3 aliphatic carbocycles. The van der Waals surface area contributed by atoms with E-state index in [1.165, 1.54) is 25.7 Å². The van der Waals surface area contributed by atoms with Gasteiger partial charge in [-0.3, -0.25) is 4.79 Å². The number of carbonyl (C=O) groups excluding carboxylic acids is 1. The standard InChI is InChI=1S/C16H26O/c1-9-4-10(2)13-7-12-8-14(15(13)5-9)11(3)6-16(12)17/h9-15H,4-8H2,1-3H3. The third kappa shape index (κ3) is 1.86. The summed E-state index contributed by atoms with van der Waals surface area (Å²) in [5.74, 6) is 6.10. The molecular formula is C16H26O. The summed E-state index contributed by atoms with van der Waals surface area (Å²) in [5, 5.41) is 0. The molecule has 7 atom stereocenters. The highest BCUT2D eigenvalue weighted by Crippen LogP contribution is 2.54. The Morgan fingerprint density at radius 1 is 0.824 bits per heavy atom. The van der Waals surface area contributed by atoms with Gasteiger partial charge in [-0.2, -0.15) is 0 Å². The SMILES string of the molecule is CC1CC(C)C2CC3CC(C(C)CC3=O)C2C1. The first-order chi connectivity index (χ1) is 8.06. The molecule has 0 saturated heterocycles. The van der Waals surface area contributed by atoms with Crippen LogP contribution in [0.25, 0.3) is 0 Å². The highest BCUT2D eigenvalue weighted by Gasteiger charge is 2.49. The van der Waals surface area contributed by atoms with Gasteiger partial charge in [0.05, 0.1) is 0 Å². The molecule has 0 aromatic carbocycles. The number of hydrogen-bond acceptors (Lipinski definition) is 1. The average Bonchev–Trinajstić information content (AvgIpc) is 2.26. The summed E-state index contributed by atoms with van der Waals surface area (Å²) in [4.78, 5) is 12.1. The molecule has 1 nitrogen and oxygen atoms in total.